The quantitative estimate of drug-likeness (QED) is 0.812. The van der Waals surface area contributed by atoms with Gasteiger partial charge in [-0.2, -0.15) is 4.98 Å². The van der Waals surface area contributed by atoms with E-state index in [1.807, 2.05) is 42.5 Å². The largest absolute Gasteiger partial charge is 0.489 e. The first-order chi connectivity index (χ1) is 8.81. The molecular formula is C14H15NO3. The lowest BCUT2D eigenvalue weighted by molar-refractivity contribution is 0.302. The molecule has 0 aliphatic rings. The Bertz CT molecular complexity index is 477. The summed E-state index contributed by atoms with van der Waals surface area (Å²) in [4.78, 5) is 4.13. The Labute approximate surface area is 106 Å². The number of pyridine rings is 1. The molecule has 2 aromatic rings. The second kappa shape index (κ2) is 5.91. The molecule has 1 heterocycles. The van der Waals surface area contributed by atoms with E-state index < -0.39 is 0 Å². The van der Waals surface area contributed by atoms with Crippen molar-refractivity contribution in [2.24, 2.45) is 0 Å². The monoisotopic (exact) mass is 245 g/mol. The van der Waals surface area contributed by atoms with Gasteiger partial charge in [-0.3, -0.25) is 0 Å². The highest BCUT2D eigenvalue weighted by molar-refractivity contribution is 5.29. The fourth-order valence-corrected chi connectivity index (χ4v) is 1.51. The fraction of sp³-hybridized carbons (Fsp3) is 0.214. The van der Waals surface area contributed by atoms with E-state index in [0.717, 1.165) is 11.3 Å². The summed E-state index contributed by atoms with van der Waals surface area (Å²) in [6.45, 7) is 0.444. The SMILES string of the molecule is COc1cc(COc2ccccc2)cc(OC)n1. The summed E-state index contributed by atoms with van der Waals surface area (Å²) in [6, 6.07) is 13.3. The zero-order valence-electron chi connectivity index (χ0n) is 10.4. The maximum Gasteiger partial charge on any atom is 0.216 e. The van der Waals surface area contributed by atoms with Crippen molar-refractivity contribution in [3.8, 4) is 17.5 Å². The van der Waals surface area contributed by atoms with Gasteiger partial charge in [-0.1, -0.05) is 18.2 Å². The Hall–Kier alpha value is -2.23. The molecule has 18 heavy (non-hydrogen) atoms. The van der Waals surface area contributed by atoms with Gasteiger partial charge in [0, 0.05) is 12.1 Å². The summed E-state index contributed by atoms with van der Waals surface area (Å²) in [7, 11) is 3.15. The van der Waals surface area contributed by atoms with Crippen molar-refractivity contribution in [1.82, 2.24) is 4.98 Å². The highest BCUT2D eigenvalue weighted by Gasteiger charge is 2.04. The van der Waals surface area contributed by atoms with Gasteiger partial charge >= 0.3 is 0 Å². The van der Waals surface area contributed by atoms with Crippen LogP contribution in [0.25, 0.3) is 0 Å². The summed E-state index contributed by atoms with van der Waals surface area (Å²) in [5, 5.41) is 0. The van der Waals surface area contributed by atoms with Crippen molar-refractivity contribution < 1.29 is 14.2 Å². The summed E-state index contributed by atoms with van der Waals surface area (Å²) >= 11 is 0. The van der Waals surface area contributed by atoms with Crippen LogP contribution < -0.4 is 14.2 Å². The van der Waals surface area contributed by atoms with Crippen LogP contribution in [-0.2, 0) is 6.61 Å². The average Bonchev–Trinajstić information content (AvgIpc) is 2.45. The number of para-hydroxylation sites is 1. The van der Waals surface area contributed by atoms with E-state index in [1.165, 1.54) is 0 Å². The zero-order chi connectivity index (χ0) is 12.8. The molecule has 0 fully saturated rings. The van der Waals surface area contributed by atoms with Crippen LogP contribution in [0, 0.1) is 0 Å². The first-order valence-corrected chi connectivity index (χ1v) is 5.58. The number of aromatic nitrogens is 1. The van der Waals surface area contributed by atoms with Crippen LogP contribution in [0.2, 0.25) is 0 Å². The summed E-state index contributed by atoms with van der Waals surface area (Å²) in [5.74, 6) is 1.86. The van der Waals surface area contributed by atoms with Crippen molar-refractivity contribution in [3.63, 3.8) is 0 Å². The predicted molar refractivity (Wildman–Crippen MR) is 68.1 cm³/mol. The molecule has 0 unspecified atom stereocenters. The molecule has 0 aliphatic heterocycles. The zero-order valence-corrected chi connectivity index (χ0v) is 10.4. The van der Waals surface area contributed by atoms with Gasteiger partial charge in [0.05, 0.1) is 14.2 Å². The second-order valence-corrected chi connectivity index (χ2v) is 3.66. The molecule has 4 heteroatoms. The van der Waals surface area contributed by atoms with E-state index in [1.54, 1.807) is 14.2 Å². The predicted octanol–water partition coefficient (Wildman–Crippen LogP) is 2.68. The number of hydrogen-bond acceptors (Lipinski definition) is 4. The molecule has 0 atom stereocenters. The lowest BCUT2D eigenvalue weighted by Crippen LogP contribution is -1.99. The van der Waals surface area contributed by atoms with Gasteiger partial charge in [-0.05, 0) is 17.7 Å². The maximum atomic E-state index is 5.65. The van der Waals surface area contributed by atoms with Gasteiger partial charge < -0.3 is 14.2 Å². The number of ether oxygens (including phenoxy) is 3. The Morgan fingerprint density at radius 3 is 2.11 bits per heavy atom. The van der Waals surface area contributed by atoms with Crippen LogP contribution in [0.3, 0.4) is 0 Å². The summed E-state index contributed by atoms with van der Waals surface area (Å²) < 4.78 is 15.9. The highest BCUT2D eigenvalue weighted by Crippen LogP contribution is 2.19. The van der Waals surface area contributed by atoms with Crippen LogP contribution in [-0.4, -0.2) is 19.2 Å². The van der Waals surface area contributed by atoms with Crippen LogP contribution >= 0.6 is 0 Å². The standard InChI is InChI=1S/C14H15NO3/c1-16-13-8-11(9-14(15-13)17-2)10-18-12-6-4-3-5-7-12/h3-9H,10H2,1-2H3. The Morgan fingerprint density at radius 2 is 1.56 bits per heavy atom. The Kier molecular flexibility index (Phi) is 4.02. The third kappa shape index (κ3) is 3.13. The maximum absolute atomic E-state index is 5.65. The molecule has 94 valence electrons. The molecule has 0 N–H and O–H groups in total. The molecule has 2 rings (SSSR count). The lowest BCUT2D eigenvalue weighted by atomic mass is 10.2. The molecule has 0 amide bonds. The van der Waals surface area contributed by atoms with Crippen molar-refractivity contribution in [1.29, 1.82) is 0 Å². The molecule has 1 aromatic heterocycles. The first-order valence-electron chi connectivity index (χ1n) is 5.58. The van der Waals surface area contributed by atoms with Gasteiger partial charge in [0.15, 0.2) is 0 Å². The second-order valence-electron chi connectivity index (χ2n) is 3.66. The molecule has 0 radical (unpaired) electrons. The van der Waals surface area contributed by atoms with Crippen molar-refractivity contribution in [3.05, 3.63) is 48.0 Å². The number of nitrogens with zero attached hydrogens (tertiary/aromatic N) is 1. The van der Waals surface area contributed by atoms with E-state index in [4.69, 9.17) is 14.2 Å². The van der Waals surface area contributed by atoms with Crippen molar-refractivity contribution >= 4 is 0 Å². The topological polar surface area (TPSA) is 40.6 Å². The smallest absolute Gasteiger partial charge is 0.216 e. The van der Waals surface area contributed by atoms with E-state index >= 15 is 0 Å². The van der Waals surface area contributed by atoms with Gasteiger partial charge in [-0.15, -0.1) is 0 Å². The van der Waals surface area contributed by atoms with Crippen molar-refractivity contribution in [2.45, 2.75) is 6.61 Å². The van der Waals surface area contributed by atoms with Crippen molar-refractivity contribution in [2.75, 3.05) is 14.2 Å². The van der Waals surface area contributed by atoms with Crippen LogP contribution in [0.15, 0.2) is 42.5 Å². The average molecular weight is 245 g/mol. The van der Waals surface area contributed by atoms with Gasteiger partial charge in [-0.25, -0.2) is 0 Å². The number of hydrogen-bond donors (Lipinski definition) is 0. The Balaban J connectivity index is 2.09. The van der Waals surface area contributed by atoms with Gasteiger partial charge in [0.25, 0.3) is 0 Å². The molecule has 0 aliphatic carbocycles. The third-order valence-electron chi connectivity index (χ3n) is 2.41. The minimum absolute atomic E-state index is 0.444. The summed E-state index contributed by atoms with van der Waals surface area (Å²) in [6.07, 6.45) is 0. The highest BCUT2D eigenvalue weighted by atomic mass is 16.5. The van der Waals surface area contributed by atoms with Crippen LogP contribution in [0.4, 0.5) is 0 Å². The molecule has 4 nitrogen and oxygen atoms in total. The molecule has 1 aromatic carbocycles. The van der Waals surface area contributed by atoms with E-state index in [9.17, 15) is 0 Å². The molecule has 0 saturated heterocycles. The molecule has 0 spiro atoms. The fourth-order valence-electron chi connectivity index (χ4n) is 1.51. The number of benzene rings is 1. The van der Waals surface area contributed by atoms with Crippen LogP contribution in [0.1, 0.15) is 5.56 Å². The number of rotatable bonds is 5. The van der Waals surface area contributed by atoms with Crippen LogP contribution in [0.5, 0.6) is 17.5 Å². The lowest BCUT2D eigenvalue weighted by Gasteiger charge is -2.09. The normalized spacial score (nSPS) is 9.89. The molecule has 0 saturated carbocycles. The molecule has 0 bridgehead atoms. The van der Waals surface area contributed by atoms with E-state index in [-0.39, 0.29) is 0 Å². The number of methoxy groups -OCH3 is 2. The minimum Gasteiger partial charge on any atom is -0.489 e. The minimum atomic E-state index is 0.444. The van der Waals surface area contributed by atoms with E-state index in [0.29, 0.717) is 18.4 Å². The summed E-state index contributed by atoms with van der Waals surface area (Å²) in [5.41, 5.74) is 0.947. The van der Waals surface area contributed by atoms with Gasteiger partial charge in [0.1, 0.15) is 12.4 Å². The third-order valence-corrected chi connectivity index (χ3v) is 2.41. The molecular weight excluding hydrogens is 230 g/mol. The van der Waals surface area contributed by atoms with Gasteiger partial charge in [0.2, 0.25) is 11.8 Å². The van der Waals surface area contributed by atoms with E-state index in [2.05, 4.69) is 4.98 Å². The first kappa shape index (κ1) is 12.2. The Morgan fingerprint density at radius 1 is 0.944 bits per heavy atom.